The highest BCUT2D eigenvalue weighted by Crippen LogP contribution is 2.47. The Labute approximate surface area is 193 Å². The molecule has 0 bridgehead atoms. The Hall–Kier alpha value is -3.83. The van der Waals surface area contributed by atoms with Gasteiger partial charge in [0.25, 0.3) is 0 Å². The summed E-state index contributed by atoms with van der Waals surface area (Å²) in [5.74, 6) is -14.2. The van der Waals surface area contributed by atoms with Crippen LogP contribution >= 0.6 is 0 Å². The average Bonchev–Trinajstić information content (AvgIpc) is 2.83. The lowest BCUT2D eigenvalue weighted by Crippen LogP contribution is -2.57. The third-order valence-corrected chi connectivity index (χ3v) is 5.06. The van der Waals surface area contributed by atoms with Crippen LogP contribution in [-0.2, 0) is 4.79 Å². The Bertz CT molecular complexity index is 1240. The fraction of sp³-hybridized carbons (Fsp3) is 0.217. The van der Waals surface area contributed by atoms with E-state index in [1.807, 2.05) is 0 Å². The van der Waals surface area contributed by atoms with Gasteiger partial charge in [-0.2, -0.15) is 30.7 Å². The van der Waals surface area contributed by atoms with Gasteiger partial charge in [-0.15, -0.1) is 0 Å². The zero-order valence-corrected chi connectivity index (χ0v) is 17.5. The topological polar surface area (TPSA) is 60.5 Å². The second-order valence-electron chi connectivity index (χ2n) is 7.44. The van der Waals surface area contributed by atoms with E-state index in [1.165, 1.54) is 17.4 Å². The first-order chi connectivity index (χ1) is 16.4. The van der Waals surface area contributed by atoms with Crippen molar-refractivity contribution in [3.05, 3.63) is 60.7 Å². The van der Waals surface area contributed by atoms with Crippen molar-refractivity contribution in [2.45, 2.75) is 18.0 Å². The number of alkyl halides is 7. The van der Waals surface area contributed by atoms with Gasteiger partial charge in [0.15, 0.2) is 11.5 Å². The van der Waals surface area contributed by atoms with Crippen LogP contribution in [0.1, 0.15) is 0 Å². The molecule has 184 valence electrons. The van der Waals surface area contributed by atoms with Gasteiger partial charge in [-0.25, -0.2) is 4.98 Å². The standard InChI is InChI=1S/C23H15F7N2O3/c24-21(25,22(26,27)23(28,29)30)20(33)31-15-7-4-13(5-8-15)16-2-1-3-17(32-16)14-6-9-18-19(12-14)35-11-10-34-18/h1-9,12H,10-11H2,(H,31,33). The highest BCUT2D eigenvalue weighted by atomic mass is 19.4. The smallest absolute Gasteiger partial charge is 0.460 e. The van der Waals surface area contributed by atoms with Gasteiger partial charge < -0.3 is 14.8 Å². The van der Waals surface area contributed by atoms with E-state index in [0.717, 1.165) is 17.7 Å². The Morgan fingerprint density at radius 2 is 1.34 bits per heavy atom. The third kappa shape index (κ3) is 4.60. The van der Waals surface area contributed by atoms with Gasteiger partial charge in [0.1, 0.15) is 13.2 Å². The van der Waals surface area contributed by atoms with Crippen LogP contribution in [0.25, 0.3) is 22.5 Å². The fourth-order valence-corrected chi connectivity index (χ4v) is 3.21. The van der Waals surface area contributed by atoms with Gasteiger partial charge in [0.2, 0.25) is 0 Å². The molecule has 1 N–H and O–H groups in total. The Morgan fingerprint density at radius 3 is 1.97 bits per heavy atom. The summed E-state index contributed by atoms with van der Waals surface area (Å²) in [5.41, 5.74) is 1.82. The summed E-state index contributed by atoms with van der Waals surface area (Å²) in [4.78, 5) is 16.0. The molecule has 0 saturated heterocycles. The molecule has 3 aromatic rings. The normalized spacial score (nSPS) is 13.9. The maximum Gasteiger partial charge on any atom is 0.460 e. The second kappa shape index (κ2) is 8.75. The number of carbonyl (C=O) groups excluding carboxylic acids is 1. The predicted molar refractivity (Wildman–Crippen MR) is 111 cm³/mol. The number of nitrogens with zero attached hydrogens (tertiary/aromatic N) is 1. The van der Waals surface area contributed by atoms with Crippen LogP contribution in [0.15, 0.2) is 60.7 Å². The number of anilines is 1. The minimum Gasteiger partial charge on any atom is -0.486 e. The van der Waals surface area contributed by atoms with E-state index in [1.54, 1.807) is 36.4 Å². The maximum absolute atomic E-state index is 13.5. The molecule has 0 aliphatic carbocycles. The van der Waals surface area contributed by atoms with Crippen LogP contribution in [0.4, 0.5) is 36.4 Å². The Morgan fingerprint density at radius 1 is 0.771 bits per heavy atom. The fourth-order valence-electron chi connectivity index (χ4n) is 3.21. The number of benzene rings is 2. The van der Waals surface area contributed by atoms with Gasteiger partial charge in [0.05, 0.1) is 11.4 Å². The van der Waals surface area contributed by atoms with E-state index in [9.17, 15) is 35.5 Å². The molecule has 35 heavy (non-hydrogen) atoms. The monoisotopic (exact) mass is 500 g/mol. The number of halogens is 7. The van der Waals surface area contributed by atoms with Crippen LogP contribution in [0.5, 0.6) is 11.5 Å². The quantitative estimate of drug-likeness (QED) is 0.440. The lowest BCUT2D eigenvalue weighted by Gasteiger charge is -2.27. The minimum atomic E-state index is -6.61. The number of hydrogen-bond acceptors (Lipinski definition) is 4. The number of pyridine rings is 1. The van der Waals surface area contributed by atoms with E-state index < -0.39 is 29.6 Å². The molecule has 1 aromatic heterocycles. The van der Waals surface area contributed by atoms with E-state index >= 15 is 0 Å². The number of amides is 1. The van der Waals surface area contributed by atoms with Crippen LogP contribution in [0.3, 0.4) is 0 Å². The molecule has 0 unspecified atom stereocenters. The van der Waals surface area contributed by atoms with Crippen molar-refractivity contribution in [1.29, 1.82) is 0 Å². The first-order valence-corrected chi connectivity index (χ1v) is 10.0. The zero-order valence-electron chi connectivity index (χ0n) is 17.5. The second-order valence-corrected chi connectivity index (χ2v) is 7.44. The molecule has 2 heterocycles. The molecule has 1 aliphatic heterocycles. The van der Waals surface area contributed by atoms with Crippen LogP contribution in [0.2, 0.25) is 0 Å². The van der Waals surface area contributed by atoms with Gasteiger partial charge in [-0.3, -0.25) is 4.79 Å². The van der Waals surface area contributed by atoms with Crippen LogP contribution in [-0.4, -0.2) is 42.1 Å². The molecule has 1 aliphatic rings. The molecule has 0 atom stereocenters. The molecular weight excluding hydrogens is 485 g/mol. The summed E-state index contributed by atoms with van der Waals surface area (Å²) in [6, 6.07) is 15.2. The summed E-state index contributed by atoms with van der Waals surface area (Å²) in [6.45, 7) is 0.853. The largest absolute Gasteiger partial charge is 0.486 e. The first kappa shape index (κ1) is 24.3. The highest BCUT2D eigenvalue weighted by molar-refractivity contribution is 5.97. The van der Waals surface area contributed by atoms with Crippen molar-refractivity contribution in [2.24, 2.45) is 0 Å². The number of ether oxygens (including phenoxy) is 2. The first-order valence-electron chi connectivity index (χ1n) is 10.0. The summed E-state index contributed by atoms with van der Waals surface area (Å²) in [7, 11) is 0. The van der Waals surface area contributed by atoms with Crippen molar-refractivity contribution in [3.8, 4) is 34.0 Å². The van der Waals surface area contributed by atoms with Gasteiger partial charge in [-0.05, 0) is 42.5 Å². The van der Waals surface area contributed by atoms with Crippen molar-refractivity contribution in [1.82, 2.24) is 4.98 Å². The maximum atomic E-state index is 13.5. The molecule has 5 nitrogen and oxygen atoms in total. The molecule has 4 rings (SSSR count). The molecule has 2 aromatic carbocycles. The lowest BCUT2D eigenvalue weighted by atomic mass is 10.1. The summed E-state index contributed by atoms with van der Waals surface area (Å²) in [5, 5.41) is 1.39. The van der Waals surface area contributed by atoms with Crippen molar-refractivity contribution in [2.75, 3.05) is 18.5 Å². The van der Waals surface area contributed by atoms with E-state index in [-0.39, 0.29) is 0 Å². The highest BCUT2D eigenvalue weighted by Gasteiger charge is 2.76. The van der Waals surface area contributed by atoms with Gasteiger partial charge >= 0.3 is 23.9 Å². The van der Waals surface area contributed by atoms with Crippen molar-refractivity contribution >= 4 is 11.6 Å². The zero-order chi connectivity index (χ0) is 25.4. The summed E-state index contributed by atoms with van der Waals surface area (Å²) in [6.07, 6.45) is -6.61. The number of aromatic nitrogens is 1. The SMILES string of the molecule is O=C(Nc1ccc(-c2cccc(-c3ccc4c(c3)OCCO4)n2)cc1)C(F)(F)C(F)(F)C(F)(F)F. The summed E-state index contributed by atoms with van der Waals surface area (Å²) < 4.78 is 101. The summed E-state index contributed by atoms with van der Waals surface area (Å²) >= 11 is 0. The molecule has 0 fully saturated rings. The van der Waals surface area contributed by atoms with E-state index in [0.29, 0.717) is 41.7 Å². The number of rotatable bonds is 5. The Balaban J connectivity index is 1.52. The Kier molecular flexibility index (Phi) is 6.07. The van der Waals surface area contributed by atoms with E-state index in [2.05, 4.69) is 4.98 Å². The molecule has 1 amide bonds. The molecule has 12 heteroatoms. The van der Waals surface area contributed by atoms with Gasteiger partial charge in [-0.1, -0.05) is 18.2 Å². The van der Waals surface area contributed by atoms with E-state index in [4.69, 9.17) is 9.47 Å². The van der Waals surface area contributed by atoms with Crippen molar-refractivity contribution < 1.29 is 45.0 Å². The molecule has 0 spiro atoms. The third-order valence-electron chi connectivity index (χ3n) is 5.06. The van der Waals surface area contributed by atoms with Crippen molar-refractivity contribution in [3.63, 3.8) is 0 Å². The minimum absolute atomic E-state index is 0.403. The number of carbonyl (C=O) groups is 1. The van der Waals surface area contributed by atoms with Crippen LogP contribution in [0, 0.1) is 0 Å². The molecule has 0 radical (unpaired) electrons. The molecule has 0 saturated carbocycles. The number of nitrogens with one attached hydrogen (secondary N) is 1. The predicted octanol–water partition coefficient (Wildman–Crippen LogP) is 5.96. The molecular formula is C23H15F7N2O3. The lowest BCUT2D eigenvalue weighted by molar-refractivity contribution is -0.343. The number of hydrogen-bond donors (Lipinski definition) is 1. The van der Waals surface area contributed by atoms with Gasteiger partial charge in [0, 0.05) is 16.8 Å². The van der Waals surface area contributed by atoms with Crippen LogP contribution < -0.4 is 14.8 Å². The average molecular weight is 500 g/mol. The number of fused-ring (bicyclic) bond motifs is 1.